The molecular formula is C17H18N2S. The van der Waals surface area contributed by atoms with Gasteiger partial charge in [-0.1, -0.05) is 42.5 Å². The van der Waals surface area contributed by atoms with Crippen molar-refractivity contribution in [2.24, 2.45) is 0 Å². The average Bonchev–Trinajstić information content (AvgIpc) is 3.00. The first-order chi connectivity index (χ1) is 9.84. The molecule has 0 aliphatic carbocycles. The molecule has 0 radical (unpaired) electrons. The van der Waals surface area contributed by atoms with E-state index in [2.05, 4.69) is 59.7 Å². The van der Waals surface area contributed by atoms with E-state index in [9.17, 15) is 0 Å². The summed E-state index contributed by atoms with van der Waals surface area (Å²) in [7, 11) is 0. The average molecular weight is 282 g/mol. The van der Waals surface area contributed by atoms with Crippen molar-refractivity contribution >= 4 is 22.1 Å². The summed E-state index contributed by atoms with van der Waals surface area (Å²) in [6, 6.07) is 15.4. The Labute approximate surface area is 123 Å². The summed E-state index contributed by atoms with van der Waals surface area (Å²) in [5.74, 6) is 0. The predicted molar refractivity (Wildman–Crippen MR) is 86.2 cm³/mol. The van der Waals surface area contributed by atoms with Crippen LogP contribution < -0.4 is 5.32 Å². The zero-order chi connectivity index (χ0) is 13.8. The second-order valence-electron chi connectivity index (χ2n) is 4.92. The molecular weight excluding hydrogens is 264 g/mol. The largest absolute Gasteiger partial charge is 0.310 e. The highest BCUT2D eigenvalue weighted by molar-refractivity contribution is 7.09. The number of hydrogen-bond acceptors (Lipinski definition) is 3. The molecule has 0 aliphatic rings. The Kier molecular flexibility index (Phi) is 4.09. The third-order valence-electron chi connectivity index (χ3n) is 3.56. The number of fused-ring (bicyclic) bond motifs is 1. The molecule has 1 heterocycles. The molecule has 0 spiro atoms. The van der Waals surface area contributed by atoms with Crippen molar-refractivity contribution in [1.82, 2.24) is 10.3 Å². The maximum atomic E-state index is 4.31. The van der Waals surface area contributed by atoms with Gasteiger partial charge in [-0.25, -0.2) is 4.98 Å². The van der Waals surface area contributed by atoms with Crippen LogP contribution in [0.2, 0.25) is 0 Å². The van der Waals surface area contributed by atoms with E-state index in [4.69, 9.17) is 0 Å². The standard InChI is InChI=1S/C17H18N2S/c1-13(18-10-9-17-19-11-12-20-17)15-8-4-6-14-5-2-3-7-16(14)15/h2-8,11-13,18H,9-10H2,1H3. The van der Waals surface area contributed by atoms with Crippen LogP contribution in [0.3, 0.4) is 0 Å². The Hall–Kier alpha value is -1.71. The fourth-order valence-electron chi connectivity index (χ4n) is 2.51. The lowest BCUT2D eigenvalue weighted by Gasteiger charge is -2.16. The van der Waals surface area contributed by atoms with E-state index >= 15 is 0 Å². The van der Waals surface area contributed by atoms with Gasteiger partial charge in [0.1, 0.15) is 0 Å². The second kappa shape index (κ2) is 6.16. The maximum Gasteiger partial charge on any atom is 0.0937 e. The van der Waals surface area contributed by atoms with Crippen LogP contribution >= 0.6 is 11.3 Å². The molecule has 102 valence electrons. The first-order valence-corrected chi connectivity index (χ1v) is 7.82. The van der Waals surface area contributed by atoms with Crippen LogP contribution in [0.1, 0.15) is 23.5 Å². The summed E-state index contributed by atoms with van der Waals surface area (Å²) in [5.41, 5.74) is 1.36. The Morgan fingerprint density at radius 3 is 2.85 bits per heavy atom. The highest BCUT2D eigenvalue weighted by Gasteiger charge is 2.08. The molecule has 1 atom stereocenters. The molecule has 3 heteroatoms. The van der Waals surface area contributed by atoms with Crippen molar-refractivity contribution in [2.75, 3.05) is 6.54 Å². The third-order valence-corrected chi connectivity index (χ3v) is 4.40. The molecule has 2 nitrogen and oxygen atoms in total. The lowest BCUT2D eigenvalue weighted by atomic mass is 10.00. The number of thiazole rings is 1. The Morgan fingerprint density at radius 2 is 2.00 bits per heavy atom. The van der Waals surface area contributed by atoms with E-state index in [0.29, 0.717) is 6.04 Å². The Balaban J connectivity index is 1.70. The fourth-order valence-corrected chi connectivity index (χ4v) is 3.13. The van der Waals surface area contributed by atoms with Gasteiger partial charge < -0.3 is 5.32 Å². The van der Waals surface area contributed by atoms with Crippen molar-refractivity contribution in [2.45, 2.75) is 19.4 Å². The molecule has 0 saturated heterocycles. The summed E-state index contributed by atoms with van der Waals surface area (Å²) in [4.78, 5) is 4.31. The molecule has 1 N–H and O–H groups in total. The van der Waals surface area contributed by atoms with Crippen molar-refractivity contribution in [3.63, 3.8) is 0 Å². The predicted octanol–water partition coefficient (Wildman–Crippen LogP) is 4.19. The molecule has 3 aromatic rings. The van der Waals surface area contributed by atoms with E-state index in [-0.39, 0.29) is 0 Å². The van der Waals surface area contributed by atoms with Crippen LogP contribution in [0.4, 0.5) is 0 Å². The molecule has 1 aromatic heterocycles. The van der Waals surface area contributed by atoms with E-state index in [0.717, 1.165) is 13.0 Å². The topological polar surface area (TPSA) is 24.9 Å². The molecule has 2 aromatic carbocycles. The molecule has 1 unspecified atom stereocenters. The molecule has 0 saturated carbocycles. The first-order valence-electron chi connectivity index (χ1n) is 6.94. The second-order valence-corrected chi connectivity index (χ2v) is 5.90. The first kappa shape index (κ1) is 13.3. The van der Waals surface area contributed by atoms with Gasteiger partial charge in [-0.15, -0.1) is 11.3 Å². The van der Waals surface area contributed by atoms with Crippen molar-refractivity contribution in [3.8, 4) is 0 Å². The van der Waals surface area contributed by atoms with Crippen LogP contribution in [0.15, 0.2) is 54.0 Å². The number of aromatic nitrogens is 1. The molecule has 3 rings (SSSR count). The minimum atomic E-state index is 0.348. The number of benzene rings is 2. The van der Waals surface area contributed by atoms with Crippen molar-refractivity contribution in [3.05, 3.63) is 64.6 Å². The van der Waals surface area contributed by atoms with Crippen LogP contribution in [-0.4, -0.2) is 11.5 Å². The fraction of sp³-hybridized carbons (Fsp3) is 0.235. The Morgan fingerprint density at radius 1 is 1.15 bits per heavy atom. The normalized spacial score (nSPS) is 12.7. The van der Waals surface area contributed by atoms with Crippen LogP contribution in [0.5, 0.6) is 0 Å². The maximum absolute atomic E-state index is 4.31. The number of nitrogens with zero attached hydrogens (tertiary/aromatic N) is 1. The van der Waals surface area contributed by atoms with E-state index in [1.165, 1.54) is 21.3 Å². The summed E-state index contributed by atoms with van der Waals surface area (Å²) in [6.07, 6.45) is 2.86. The third kappa shape index (κ3) is 2.89. The van der Waals surface area contributed by atoms with Crippen LogP contribution in [-0.2, 0) is 6.42 Å². The van der Waals surface area contributed by atoms with Gasteiger partial charge in [0.15, 0.2) is 0 Å². The van der Waals surface area contributed by atoms with E-state index < -0.39 is 0 Å². The molecule has 20 heavy (non-hydrogen) atoms. The van der Waals surface area contributed by atoms with Crippen molar-refractivity contribution in [1.29, 1.82) is 0 Å². The van der Waals surface area contributed by atoms with Crippen LogP contribution in [0.25, 0.3) is 10.8 Å². The van der Waals surface area contributed by atoms with Crippen LogP contribution in [0, 0.1) is 0 Å². The zero-order valence-electron chi connectivity index (χ0n) is 11.5. The van der Waals surface area contributed by atoms with Gasteiger partial charge in [0.05, 0.1) is 5.01 Å². The highest BCUT2D eigenvalue weighted by atomic mass is 32.1. The van der Waals surface area contributed by atoms with Crippen molar-refractivity contribution < 1.29 is 0 Å². The van der Waals surface area contributed by atoms with E-state index in [1.54, 1.807) is 11.3 Å². The van der Waals surface area contributed by atoms with Gasteiger partial charge in [0, 0.05) is 30.6 Å². The van der Waals surface area contributed by atoms with E-state index in [1.807, 2.05) is 11.6 Å². The van der Waals surface area contributed by atoms with Gasteiger partial charge in [-0.3, -0.25) is 0 Å². The minimum absolute atomic E-state index is 0.348. The van der Waals surface area contributed by atoms with Gasteiger partial charge in [-0.2, -0.15) is 0 Å². The quantitative estimate of drug-likeness (QED) is 0.759. The van der Waals surface area contributed by atoms with Gasteiger partial charge in [0.25, 0.3) is 0 Å². The monoisotopic (exact) mass is 282 g/mol. The minimum Gasteiger partial charge on any atom is -0.310 e. The van der Waals surface area contributed by atoms with Gasteiger partial charge in [-0.05, 0) is 23.3 Å². The SMILES string of the molecule is CC(NCCc1nccs1)c1cccc2ccccc12. The van der Waals surface area contributed by atoms with Gasteiger partial charge in [0.2, 0.25) is 0 Å². The summed E-state index contributed by atoms with van der Waals surface area (Å²) in [5, 5.41) is 9.47. The zero-order valence-corrected chi connectivity index (χ0v) is 12.4. The summed E-state index contributed by atoms with van der Waals surface area (Å²) >= 11 is 1.72. The summed E-state index contributed by atoms with van der Waals surface area (Å²) in [6.45, 7) is 3.18. The molecule has 0 bridgehead atoms. The highest BCUT2D eigenvalue weighted by Crippen LogP contribution is 2.23. The molecule has 0 amide bonds. The lowest BCUT2D eigenvalue weighted by Crippen LogP contribution is -2.21. The molecule has 0 fully saturated rings. The molecule has 0 aliphatic heterocycles. The number of rotatable bonds is 5. The Bertz CT molecular complexity index is 671. The lowest BCUT2D eigenvalue weighted by molar-refractivity contribution is 0.579. The number of nitrogens with one attached hydrogen (secondary N) is 1. The van der Waals surface area contributed by atoms with Gasteiger partial charge >= 0.3 is 0 Å². The summed E-state index contributed by atoms with van der Waals surface area (Å²) < 4.78 is 0. The smallest absolute Gasteiger partial charge is 0.0937 e. The number of hydrogen-bond donors (Lipinski definition) is 1.